The first-order chi connectivity index (χ1) is 9.64. The van der Waals surface area contributed by atoms with Gasteiger partial charge < -0.3 is 0 Å². The molecule has 0 saturated heterocycles. The summed E-state index contributed by atoms with van der Waals surface area (Å²) in [4.78, 5) is 9.03. The standard InChI is InChI=1S/C11H15O7PS2/c1-3-20(14,15)11(18-19(12)13,21(16,17)4-2)10-8-6-5-7-9-10/h5-9H,3-4H2,1-2H3/p+1. The highest BCUT2D eigenvalue weighted by atomic mass is 32.3. The molecule has 0 heterocycles. The van der Waals surface area contributed by atoms with E-state index >= 15 is 0 Å². The lowest BCUT2D eigenvalue weighted by atomic mass is 10.2. The Hall–Kier alpha value is -0.860. The summed E-state index contributed by atoms with van der Waals surface area (Å²) in [6.45, 7) is 2.48. The molecule has 1 atom stereocenters. The molecule has 1 aromatic rings. The molecule has 21 heavy (non-hydrogen) atoms. The monoisotopic (exact) mass is 355 g/mol. The number of benzene rings is 1. The minimum atomic E-state index is -4.39. The van der Waals surface area contributed by atoms with Crippen molar-refractivity contribution in [3.8, 4) is 0 Å². The van der Waals surface area contributed by atoms with Gasteiger partial charge in [-0.05, 0) is 0 Å². The van der Waals surface area contributed by atoms with Gasteiger partial charge in [-0.3, -0.25) is 0 Å². The molecule has 1 N–H and O–H groups in total. The molecule has 1 rings (SSSR count). The quantitative estimate of drug-likeness (QED) is 0.734. The van der Waals surface area contributed by atoms with Crippen LogP contribution in [0.25, 0.3) is 0 Å². The van der Waals surface area contributed by atoms with Crippen LogP contribution in [0.4, 0.5) is 0 Å². The molecule has 1 unspecified atom stereocenters. The Morgan fingerprint density at radius 1 is 1.05 bits per heavy atom. The van der Waals surface area contributed by atoms with Crippen molar-refractivity contribution in [3.63, 3.8) is 0 Å². The largest absolute Gasteiger partial charge is 0.697 e. The van der Waals surface area contributed by atoms with Crippen LogP contribution in [0.1, 0.15) is 19.4 Å². The van der Waals surface area contributed by atoms with Crippen molar-refractivity contribution in [1.29, 1.82) is 0 Å². The molecule has 0 aromatic heterocycles. The average Bonchev–Trinajstić information content (AvgIpc) is 2.44. The second-order valence-electron chi connectivity index (χ2n) is 4.06. The molecule has 0 amide bonds. The van der Waals surface area contributed by atoms with E-state index in [9.17, 15) is 21.4 Å². The molecule has 7 nitrogen and oxygen atoms in total. The SMILES string of the molecule is CCS(=O)(=O)C(O[P+](=O)O)(c1ccccc1)S(=O)(=O)CC. The van der Waals surface area contributed by atoms with Crippen LogP contribution in [0.5, 0.6) is 0 Å². The van der Waals surface area contributed by atoms with Gasteiger partial charge in [0.15, 0.2) is 0 Å². The molecule has 0 bridgehead atoms. The molecule has 0 aliphatic heterocycles. The van der Waals surface area contributed by atoms with Gasteiger partial charge >= 0.3 is 12.5 Å². The zero-order valence-corrected chi connectivity index (χ0v) is 14.0. The van der Waals surface area contributed by atoms with Crippen molar-refractivity contribution >= 4 is 27.9 Å². The lowest BCUT2D eigenvalue weighted by Crippen LogP contribution is -2.46. The molecule has 118 valence electrons. The topological polar surface area (TPSA) is 115 Å². The smallest absolute Gasteiger partial charge is 0.224 e. The fourth-order valence-electron chi connectivity index (χ4n) is 1.84. The van der Waals surface area contributed by atoms with Crippen LogP contribution < -0.4 is 0 Å². The Balaban J connectivity index is 3.88. The van der Waals surface area contributed by atoms with Gasteiger partial charge in [0, 0.05) is 10.1 Å². The summed E-state index contributed by atoms with van der Waals surface area (Å²) in [7, 11) is -12.2. The van der Waals surface area contributed by atoms with Crippen LogP contribution in [0.15, 0.2) is 30.3 Å². The van der Waals surface area contributed by atoms with Crippen molar-refractivity contribution < 1.29 is 30.8 Å². The van der Waals surface area contributed by atoms with Crippen LogP contribution in [0.3, 0.4) is 0 Å². The van der Waals surface area contributed by atoms with Crippen molar-refractivity contribution in [2.45, 2.75) is 18.1 Å². The first-order valence-electron chi connectivity index (χ1n) is 6.00. The maximum Gasteiger partial charge on any atom is 0.697 e. The summed E-state index contributed by atoms with van der Waals surface area (Å²) in [5.74, 6) is -1.13. The van der Waals surface area contributed by atoms with Gasteiger partial charge in [-0.2, -0.15) is 0 Å². The number of hydrogen-bond donors (Lipinski definition) is 1. The second-order valence-corrected chi connectivity index (χ2v) is 9.74. The minimum Gasteiger partial charge on any atom is -0.224 e. The third-order valence-corrected chi connectivity index (χ3v) is 8.90. The Morgan fingerprint density at radius 2 is 1.48 bits per heavy atom. The van der Waals surface area contributed by atoms with E-state index in [1.165, 1.54) is 38.1 Å². The summed E-state index contributed by atoms with van der Waals surface area (Å²) >= 11 is 0. The number of hydrogen-bond acceptors (Lipinski definition) is 6. The van der Waals surface area contributed by atoms with Crippen LogP contribution in [-0.2, 0) is 33.0 Å². The molecule has 0 spiro atoms. The van der Waals surface area contributed by atoms with Crippen LogP contribution >= 0.6 is 8.25 Å². The predicted molar refractivity (Wildman–Crippen MR) is 78.0 cm³/mol. The van der Waals surface area contributed by atoms with Gasteiger partial charge in [0.2, 0.25) is 19.7 Å². The Labute approximate surface area is 124 Å². The van der Waals surface area contributed by atoms with Crippen LogP contribution in [0.2, 0.25) is 0 Å². The molecule has 0 aliphatic carbocycles. The van der Waals surface area contributed by atoms with Gasteiger partial charge in [0.25, 0.3) is 0 Å². The number of sulfone groups is 2. The highest BCUT2D eigenvalue weighted by Crippen LogP contribution is 2.44. The number of rotatable bonds is 7. The fourth-order valence-corrected chi connectivity index (χ4v) is 7.45. The van der Waals surface area contributed by atoms with Gasteiger partial charge in [-0.15, -0.1) is 4.89 Å². The molecular weight excluding hydrogens is 339 g/mol. The molecule has 0 radical (unpaired) electrons. The third kappa shape index (κ3) is 3.17. The van der Waals surface area contributed by atoms with E-state index in [1.807, 2.05) is 0 Å². The van der Waals surface area contributed by atoms with E-state index in [4.69, 9.17) is 4.89 Å². The molecule has 0 aliphatic rings. The summed E-state index contributed by atoms with van der Waals surface area (Å²) < 4.78 is 62.5. The molecule has 0 fully saturated rings. The molecule has 1 aromatic carbocycles. The Morgan fingerprint density at radius 3 is 1.81 bits per heavy atom. The van der Waals surface area contributed by atoms with Crippen molar-refractivity contribution in [2.24, 2.45) is 0 Å². The molecular formula is C11H16O7PS2+. The van der Waals surface area contributed by atoms with Crippen LogP contribution in [0, 0.1) is 0 Å². The van der Waals surface area contributed by atoms with Gasteiger partial charge in [-0.25, -0.2) is 16.8 Å². The van der Waals surface area contributed by atoms with Gasteiger partial charge in [-0.1, -0.05) is 48.7 Å². The maximum atomic E-state index is 12.4. The summed E-state index contributed by atoms with van der Waals surface area (Å²) in [6.07, 6.45) is 0. The second kappa shape index (κ2) is 6.50. The average molecular weight is 355 g/mol. The van der Waals surface area contributed by atoms with E-state index in [1.54, 1.807) is 6.07 Å². The minimum absolute atomic E-state index is 0.217. The lowest BCUT2D eigenvalue weighted by Gasteiger charge is -2.26. The summed E-state index contributed by atoms with van der Waals surface area (Å²) in [5.41, 5.74) is -0.217. The Bertz CT molecular complexity index is 676. The first kappa shape index (κ1) is 18.2. The zero-order chi connectivity index (χ0) is 16.3. The lowest BCUT2D eigenvalue weighted by molar-refractivity contribution is 0.213. The van der Waals surface area contributed by atoms with E-state index in [-0.39, 0.29) is 5.56 Å². The normalized spacial score (nSPS) is 14.0. The van der Waals surface area contributed by atoms with Gasteiger partial charge in [0.1, 0.15) is 0 Å². The summed E-state index contributed by atoms with van der Waals surface area (Å²) in [5, 5.41) is 0. The first-order valence-corrected chi connectivity index (χ1v) is 10.4. The summed E-state index contributed by atoms with van der Waals surface area (Å²) in [6, 6.07) is 6.88. The zero-order valence-electron chi connectivity index (χ0n) is 11.5. The van der Waals surface area contributed by atoms with Crippen molar-refractivity contribution in [3.05, 3.63) is 35.9 Å². The third-order valence-electron chi connectivity index (χ3n) is 2.90. The molecule has 10 heteroatoms. The molecule has 0 saturated carbocycles. The fraction of sp³-hybridized carbons (Fsp3) is 0.455. The van der Waals surface area contributed by atoms with Crippen molar-refractivity contribution in [2.75, 3.05) is 11.5 Å². The van der Waals surface area contributed by atoms with Gasteiger partial charge in [0.05, 0.1) is 11.5 Å². The highest BCUT2D eigenvalue weighted by molar-refractivity contribution is 8.09. The maximum absolute atomic E-state index is 12.4. The van der Waals surface area contributed by atoms with E-state index in [0.29, 0.717) is 0 Å². The van der Waals surface area contributed by atoms with E-state index < -0.39 is 43.7 Å². The van der Waals surface area contributed by atoms with E-state index in [2.05, 4.69) is 4.52 Å². The van der Waals surface area contributed by atoms with Crippen molar-refractivity contribution in [1.82, 2.24) is 0 Å². The van der Waals surface area contributed by atoms with Crippen LogP contribution in [-0.4, -0.2) is 33.2 Å². The predicted octanol–water partition coefficient (Wildman–Crippen LogP) is 1.33. The Kier molecular flexibility index (Phi) is 5.63. The van der Waals surface area contributed by atoms with E-state index in [0.717, 1.165) is 0 Å². The highest BCUT2D eigenvalue weighted by Gasteiger charge is 2.62.